The molecule has 0 aromatic carbocycles. The Kier molecular flexibility index (Phi) is 3.22. The van der Waals surface area contributed by atoms with Crippen molar-refractivity contribution >= 4 is 0 Å². The third-order valence-corrected chi connectivity index (χ3v) is 4.68. The Hall–Kier alpha value is -0.800. The van der Waals surface area contributed by atoms with Crippen LogP contribution in [0.25, 0.3) is 0 Å². The summed E-state index contributed by atoms with van der Waals surface area (Å²) in [7, 11) is 0. The minimum Gasteiger partial charge on any atom is -0.388 e. The number of ether oxygens (including phenoxy) is 1. The second-order valence-corrected chi connectivity index (χ2v) is 6.96. The summed E-state index contributed by atoms with van der Waals surface area (Å²) in [6.07, 6.45) is 3.84. The Balaban J connectivity index is 2.01. The van der Waals surface area contributed by atoms with Crippen LogP contribution in [0.1, 0.15) is 62.2 Å². The molecule has 0 radical (unpaired) electrons. The second kappa shape index (κ2) is 4.64. The van der Waals surface area contributed by atoms with Gasteiger partial charge in [0.15, 0.2) is 0 Å². The highest BCUT2D eigenvalue weighted by atomic mass is 16.5. The van der Waals surface area contributed by atoms with Gasteiger partial charge in [0.05, 0.1) is 6.10 Å². The first-order valence-corrected chi connectivity index (χ1v) is 7.44. The summed E-state index contributed by atoms with van der Waals surface area (Å²) >= 11 is 0. The number of fused-ring (bicyclic) bond motifs is 1. The highest BCUT2D eigenvalue weighted by Crippen LogP contribution is 2.43. The fourth-order valence-corrected chi connectivity index (χ4v) is 3.82. The summed E-state index contributed by atoms with van der Waals surface area (Å²) in [5.74, 6) is 0. The maximum Gasteiger partial charge on any atom is 0.0812 e. The third kappa shape index (κ3) is 2.34. The molecule has 1 atom stereocenters. The van der Waals surface area contributed by atoms with Crippen LogP contribution in [0.4, 0.5) is 0 Å². The van der Waals surface area contributed by atoms with Gasteiger partial charge in [-0.05, 0) is 44.1 Å². The van der Waals surface area contributed by atoms with Crippen LogP contribution < -0.4 is 0 Å². The van der Waals surface area contributed by atoms with Gasteiger partial charge in [-0.15, -0.1) is 0 Å². The number of nitrogens with zero attached hydrogens (tertiary/aromatic N) is 1. The fourth-order valence-electron chi connectivity index (χ4n) is 3.82. The van der Waals surface area contributed by atoms with Gasteiger partial charge in [0.25, 0.3) is 0 Å². The molecule has 1 N–H and O–H groups in total. The van der Waals surface area contributed by atoms with Crippen molar-refractivity contribution in [1.29, 1.82) is 0 Å². The molecule has 1 fully saturated rings. The topological polar surface area (TPSA) is 34.4 Å². The minimum absolute atomic E-state index is 0.195. The van der Waals surface area contributed by atoms with Gasteiger partial charge in [-0.3, -0.25) is 0 Å². The van der Waals surface area contributed by atoms with Crippen molar-refractivity contribution < 1.29 is 9.84 Å². The van der Waals surface area contributed by atoms with Crippen LogP contribution in [0.2, 0.25) is 0 Å². The third-order valence-electron chi connectivity index (χ3n) is 4.68. The van der Waals surface area contributed by atoms with Crippen LogP contribution in [0.15, 0.2) is 6.07 Å². The van der Waals surface area contributed by atoms with Crippen LogP contribution in [0.3, 0.4) is 0 Å². The Morgan fingerprint density at radius 1 is 1.32 bits per heavy atom. The molecule has 0 bridgehead atoms. The number of hydrogen-bond donors (Lipinski definition) is 1. The highest BCUT2D eigenvalue weighted by molar-refractivity contribution is 5.34. The molecule has 3 rings (SSSR count). The van der Waals surface area contributed by atoms with Gasteiger partial charge >= 0.3 is 0 Å². The number of aliphatic hydroxyl groups is 1. The summed E-state index contributed by atoms with van der Waals surface area (Å²) in [6, 6.07) is 2.75. The summed E-state index contributed by atoms with van der Waals surface area (Å²) in [5.41, 5.74) is 4.03. The number of hydrogen-bond acceptors (Lipinski definition) is 2. The van der Waals surface area contributed by atoms with Gasteiger partial charge in [0.1, 0.15) is 0 Å². The largest absolute Gasteiger partial charge is 0.388 e. The Morgan fingerprint density at radius 2 is 2.00 bits per heavy atom. The first kappa shape index (κ1) is 13.2. The zero-order valence-corrected chi connectivity index (χ0v) is 12.3. The van der Waals surface area contributed by atoms with E-state index in [1.54, 1.807) is 0 Å². The maximum atomic E-state index is 10.4. The summed E-state index contributed by atoms with van der Waals surface area (Å²) in [5, 5.41) is 10.4. The minimum atomic E-state index is -0.293. The first-order valence-electron chi connectivity index (χ1n) is 7.44. The molecular weight excluding hydrogens is 238 g/mol. The number of rotatable bonds is 1. The number of aryl methyl sites for hydroxylation is 1. The molecule has 19 heavy (non-hydrogen) atoms. The molecule has 0 spiro atoms. The lowest BCUT2D eigenvalue weighted by Crippen LogP contribution is -2.29. The molecule has 1 aliphatic carbocycles. The molecule has 1 unspecified atom stereocenters. The lowest BCUT2D eigenvalue weighted by molar-refractivity contribution is 0.0651. The van der Waals surface area contributed by atoms with E-state index in [-0.39, 0.29) is 11.5 Å². The van der Waals surface area contributed by atoms with E-state index in [0.29, 0.717) is 6.04 Å². The Labute approximate surface area is 115 Å². The molecule has 2 heterocycles. The van der Waals surface area contributed by atoms with E-state index in [4.69, 9.17) is 4.74 Å². The molecule has 2 aliphatic rings. The van der Waals surface area contributed by atoms with Crippen molar-refractivity contribution in [2.75, 3.05) is 13.2 Å². The van der Waals surface area contributed by atoms with E-state index >= 15 is 0 Å². The quantitative estimate of drug-likeness (QED) is 0.844. The predicted molar refractivity (Wildman–Crippen MR) is 75.3 cm³/mol. The Morgan fingerprint density at radius 3 is 2.68 bits per heavy atom. The van der Waals surface area contributed by atoms with Crippen LogP contribution in [-0.4, -0.2) is 22.9 Å². The number of aromatic nitrogens is 1. The molecule has 0 saturated carbocycles. The molecule has 1 aromatic rings. The highest BCUT2D eigenvalue weighted by Gasteiger charge is 2.35. The standard InChI is InChI=1S/C16H25NO2/c1-11-8-13-14(9-16(2,3)10-15(13)18)17(11)12-4-6-19-7-5-12/h8,12,15,18H,4-7,9-10H2,1-3H3. The maximum absolute atomic E-state index is 10.4. The predicted octanol–water partition coefficient (Wildman–Crippen LogP) is 3.15. The fraction of sp³-hybridized carbons (Fsp3) is 0.750. The summed E-state index contributed by atoms with van der Waals surface area (Å²) in [4.78, 5) is 0. The van der Waals surface area contributed by atoms with Crippen LogP contribution in [0, 0.1) is 12.3 Å². The SMILES string of the molecule is Cc1cc2c(n1C1CCOCC1)CC(C)(C)CC2O. The number of aliphatic hydroxyl groups excluding tert-OH is 1. The van der Waals surface area contributed by atoms with Crippen molar-refractivity contribution in [1.82, 2.24) is 4.57 Å². The zero-order chi connectivity index (χ0) is 13.6. The van der Waals surface area contributed by atoms with E-state index in [1.165, 1.54) is 17.0 Å². The molecule has 1 aliphatic heterocycles. The molecule has 3 nitrogen and oxygen atoms in total. The van der Waals surface area contributed by atoms with Gasteiger partial charge in [-0.25, -0.2) is 0 Å². The van der Waals surface area contributed by atoms with Crippen LogP contribution in [-0.2, 0) is 11.2 Å². The second-order valence-electron chi connectivity index (χ2n) is 6.96. The van der Waals surface area contributed by atoms with Gasteiger partial charge < -0.3 is 14.4 Å². The molecule has 3 heteroatoms. The van der Waals surface area contributed by atoms with Crippen molar-refractivity contribution in [3.63, 3.8) is 0 Å². The average Bonchev–Trinajstić information content (AvgIpc) is 2.65. The van der Waals surface area contributed by atoms with Gasteiger partial charge in [-0.1, -0.05) is 13.8 Å². The van der Waals surface area contributed by atoms with Crippen molar-refractivity contribution in [3.8, 4) is 0 Å². The molecule has 0 amide bonds. The normalized spacial score (nSPS) is 27.3. The lowest BCUT2D eigenvalue weighted by atomic mass is 9.75. The van der Waals surface area contributed by atoms with E-state index < -0.39 is 0 Å². The molecule has 1 saturated heterocycles. The smallest absolute Gasteiger partial charge is 0.0812 e. The monoisotopic (exact) mass is 263 g/mol. The van der Waals surface area contributed by atoms with E-state index in [0.717, 1.165) is 38.9 Å². The molecule has 106 valence electrons. The van der Waals surface area contributed by atoms with Gasteiger partial charge in [-0.2, -0.15) is 0 Å². The van der Waals surface area contributed by atoms with E-state index in [1.807, 2.05) is 0 Å². The lowest BCUT2D eigenvalue weighted by Gasteiger charge is -2.36. The first-order chi connectivity index (χ1) is 8.98. The Bertz CT molecular complexity index is 469. The summed E-state index contributed by atoms with van der Waals surface area (Å²) < 4.78 is 7.97. The van der Waals surface area contributed by atoms with E-state index in [2.05, 4.69) is 31.4 Å². The summed E-state index contributed by atoms with van der Waals surface area (Å²) in [6.45, 7) is 8.42. The van der Waals surface area contributed by atoms with Crippen LogP contribution >= 0.6 is 0 Å². The van der Waals surface area contributed by atoms with Crippen LogP contribution in [0.5, 0.6) is 0 Å². The van der Waals surface area contributed by atoms with Gasteiger partial charge in [0, 0.05) is 36.2 Å². The molecular formula is C16H25NO2. The van der Waals surface area contributed by atoms with Crippen molar-refractivity contribution in [2.45, 2.75) is 58.6 Å². The van der Waals surface area contributed by atoms with Crippen molar-refractivity contribution in [3.05, 3.63) is 23.0 Å². The zero-order valence-electron chi connectivity index (χ0n) is 12.3. The van der Waals surface area contributed by atoms with Crippen molar-refractivity contribution in [2.24, 2.45) is 5.41 Å². The van der Waals surface area contributed by atoms with E-state index in [9.17, 15) is 5.11 Å². The van der Waals surface area contributed by atoms with Gasteiger partial charge in [0.2, 0.25) is 0 Å². The average molecular weight is 263 g/mol. The molecule has 1 aromatic heterocycles.